The molecule has 0 saturated heterocycles. The molecule has 0 aromatic heterocycles. The van der Waals surface area contributed by atoms with Crippen LogP contribution in [-0.2, 0) is 16.1 Å². The molecule has 1 saturated carbocycles. The van der Waals surface area contributed by atoms with Crippen LogP contribution < -0.4 is 21.3 Å². The number of amides is 4. The molecule has 0 aliphatic heterocycles. The number of carbonyl (C=O) groups excluding carboxylic acids is 3. The third-order valence-corrected chi connectivity index (χ3v) is 4.79. The lowest BCUT2D eigenvalue weighted by Crippen LogP contribution is -2.43. The summed E-state index contributed by atoms with van der Waals surface area (Å²) in [6.07, 6.45) is 5.86. The molecule has 0 heterocycles. The van der Waals surface area contributed by atoms with Crippen molar-refractivity contribution >= 4 is 23.5 Å². The summed E-state index contributed by atoms with van der Waals surface area (Å²) < 4.78 is 0. The van der Waals surface area contributed by atoms with E-state index in [-0.39, 0.29) is 36.2 Å². The topological polar surface area (TPSA) is 99.3 Å². The summed E-state index contributed by atoms with van der Waals surface area (Å²) in [4.78, 5) is 35.6. The summed E-state index contributed by atoms with van der Waals surface area (Å²) in [6, 6.07) is 7.45. The lowest BCUT2D eigenvalue weighted by atomic mass is 9.96. The SMILES string of the molecule is CC(C)C(=O)Nc1cccc(CNC(=O)CCNC(=O)NC2CCCCC2)c1. The number of hydrogen-bond donors (Lipinski definition) is 4. The van der Waals surface area contributed by atoms with E-state index in [0.717, 1.165) is 31.2 Å². The van der Waals surface area contributed by atoms with Gasteiger partial charge in [-0.2, -0.15) is 0 Å². The van der Waals surface area contributed by atoms with E-state index in [9.17, 15) is 14.4 Å². The molecule has 28 heavy (non-hydrogen) atoms. The Balaban J connectivity index is 1.65. The van der Waals surface area contributed by atoms with E-state index in [2.05, 4.69) is 21.3 Å². The van der Waals surface area contributed by atoms with Gasteiger partial charge >= 0.3 is 6.03 Å². The molecule has 0 unspecified atom stereocenters. The quantitative estimate of drug-likeness (QED) is 0.551. The lowest BCUT2D eigenvalue weighted by Gasteiger charge is -2.22. The van der Waals surface area contributed by atoms with E-state index in [1.54, 1.807) is 0 Å². The average Bonchev–Trinajstić information content (AvgIpc) is 2.67. The van der Waals surface area contributed by atoms with Crippen molar-refractivity contribution in [1.29, 1.82) is 0 Å². The normalized spacial score (nSPS) is 14.4. The van der Waals surface area contributed by atoms with Crippen molar-refractivity contribution in [2.75, 3.05) is 11.9 Å². The molecule has 1 fully saturated rings. The van der Waals surface area contributed by atoms with Gasteiger partial charge in [0.25, 0.3) is 0 Å². The van der Waals surface area contributed by atoms with Crippen molar-refractivity contribution in [2.45, 2.75) is 65.0 Å². The highest BCUT2D eigenvalue weighted by molar-refractivity contribution is 5.92. The molecule has 0 spiro atoms. The van der Waals surface area contributed by atoms with Gasteiger partial charge in [0.15, 0.2) is 0 Å². The Bertz CT molecular complexity index is 669. The summed E-state index contributed by atoms with van der Waals surface area (Å²) in [6.45, 7) is 4.35. The maximum atomic E-state index is 12.0. The van der Waals surface area contributed by atoms with Gasteiger partial charge in [-0.05, 0) is 30.5 Å². The van der Waals surface area contributed by atoms with Gasteiger partial charge in [-0.1, -0.05) is 45.2 Å². The van der Waals surface area contributed by atoms with Crippen molar-refractivity contribution in [1.82, 2.24) is 16.0 Å². The van der Waals surface area contributed by atoms with Crippen LogP contribution in [0, 0.1) is 5.92 Å². The molecule has 4 amide bonds. The molecular formula is C21H32N4O3. The summed E-state index contributed by atoms with van der Waals surface area (Å²) in [7, 11) is 0. The zero-order valence-electron chi connectivity index (χ0n) is 16.8. The van der Waals surface area contributed by atoms with Gasteiger partial charge in [-0.3, -0.25) is 9.59 Å². The number of anilines is 1. The van der Waals surface area contributed by atoms with Crippen LogP contribution in [0.1, 0.15) is 57.9 Å². The van der Waals surface area contributed by atoms with Crippen LogP contribution in [0.5, 0.6) is 0 Å². The molecule has 1 aromatic rings. The predicted molar refractivity (Wildman–Crippen MR) is 110 cm³/mol. The number of benzene rings is 1. The minimum absolute atomic E-state index is 0.0428. The number of urea groups is 1. The molecule has 2 rings (SSSR count). The van der Waals surface area contributed by atoms with E-state index < -0.39 is 0 Å². The Morgan fingerprint density at radius 3 is 2.54 bits per heavy atom. The van der Waals surface area contributed by atoms with E-state index in [1.807, 2.05) is 38.1 Å². The molecule has 0 atom stereocenters. The minimum Gasteiger partial charge on any atom is -0.352 e. The highest BCUT2D eigenvalue weighted by Crippen LogP contribution is 2.17. The van der Waals surface area contributed by atoms with Crippen LogP contribution in [0.2, 0.25) is 0 Å². The molecule has 154 valence electrons. The summed E-state index contributed by atoms with van der Waals surface area (Å²) in [5, 5.41) is 11.4. The Morgan fingerprint density at radius 2 is 1.82 bits per heavy atom. The molecule has 1 aliphatic carbocycles. The van der Waals surface area contributed by atoms with Gasteiger partial charge in [-0.25, -0.2) is 4.79 Å². The van der Waals surface area contributed by atoms with Crippen molar-refractivity contribution in [3.05, 3.63) is 29.8 Å². The van der Waals surface area contributed by atoms with Gasteiger partial charge in [-0.15, -0.1) is 0 Å². The second-order valence-corrected chi connectivity index (χ2v) is 7.61. The van der Waals surface area contributed by atoms with Crippen LogP contribution in [0.3, 0.4) is 0 Å². The predicted octanol–water partition coefficient (Wildman–Crippen LogP) is 2.92. The zero-order valence-corrected chi connectivity index (χ0v) is 16.8. The van der Waals surface area contributed by atoms with Crippen LogP contribution >= 0.6 is 0 Å². The average molecular weight is 389 g/mol. The summed E-state index contributed by atoms with van der Waals surface area (Å²) in [5.74, 6) is -0.264. The van der Waals surface area contributed by atoms with Crippen molar-refractivity contribution in [2.24, 2.45) is 5.92 Å². The largest absolute Gasteiger partial charge is 0.352 e. The van der Waals surface area contributed by atoms with E-state index in [1.165, 1.54) is 6.42 Å². The van der Waals surface area contributed by atoms with E-state index in [0.29, 0.717) is 18.8 Å². The minimum atomic E-state index is -0.201. The van der Waals surface area contributed by atoms with Crippen LogP contribution in [0.4, 0.5) is 10.5 Å². The number of nitrogens with one attached hydrogen (secondary N) is 4. The first-order valence-corrected chi connectivity index (χ1v) is 10.1. The van der Waals surface area contributed by atoms with Crippen LogP contribution in [0.15, 0.2) is 24.3 Å². The third kappa shape index (κ3) is 7.98. The number of hydrogen-bond acceptors (Lipinski definition) is 3. The van der Waals surface area contributed by atoms with Crippen LogP contribution in [0.25, 0.3) is 0 Å². The highest BCUT2D eigenvalue weighted by atomic mass is 16.2. The molecule has 7 heteroatoms. The van der Waals surface area contributed by atoms with Crippen molar-refractivity contribution in [3.63, 3.8) is 0 Å². The molecule has 7 nitrogen and oxygen atoms in total. The third-order valence-electron chi connectivity index (χ3n) is 4.79. The second kappa shape index (κ2) is 11.3. The summed E-state index contributed by atoms with van der Waals surface area (Å²) in [5.41, 5.74) is 1.62. The molecule has 4 N–H and O–H groups in total. The second-order valence-electron chi connectivity index (χ2n) is 7.61. The first-order chi connectivity index (χ1) is 13.4. The van der Waals surface area contributed by atoms with E-state index >= 15 is 0 Å². The van der Waals surface area contributed by atoms with Gasteiger partial charge in [0.05, 0.1) is 0 Å². The molecule has 1 aliphatic rings. The van der Waals surface area contributed by atoms with Gasteiger partial charge < -0.3 is 21.3 Å². The smallest absolute Gasteiger partial charge is 0.315 e. The first kappa shape index (κ1) is 21.7. The van der Waals surface area contributed by atoms with Crippen LogP contribution in [-0.4, -0.2) is 30.4 Å². The molecule has 1 aromatic carbocycles. The Morgan fingerprint density at radius 1 is 1.07 bits per heavy atom. The van der Waals surface area contributed by atoms with Crippen molar-refractivity contribution in [3.8, 4) is 0 Å². The highest BCUT2D eigenvalue weighted by Gasteiger charge is 2.15. The fraction of sp³-hybridized carbons (Fsp3) is 0.571. The van der Waals surface area contributed by atoms with E-state index in [4.69, 9.17) is 0 Å². The maximum Gasteiger partial charge on any atom is 0.315 e. The molecule has 0 radical (unpaired) electrons. The monoisotopic (exact) mass is 388 g/mol. The first-order valence-electron chi connectivity index (χ1n) is 10.1. The maximum absolute atomic E-state index is 12.0. The van der Waals surface area contributed by atoms with Gasteiger partial charge in [0.2, 0.25) is 11.8 Å². The molecule has 0 bridgehead atoms. The zero-order chi connectivity index (χ0) is 20.4. The standard InChI is InChI=1S/C21H32N4O3/c1-15(2)20(27)24-18-10-6-7-16(13-18)14-23-19(26)11-12-22-21(28)25-17-8-4-3-5-9-17/h6-7,10,13,15,17H,3-5,8-9,11-12,14H2,1-2H3,(H,23,26)(H,24,27)(H2,22,25,28). The summed E-state index contributed by atoms with van der Waals surface area (Å²) >= 11 is 0. The fourth-order valence-electron chi connectivity index (χ4n) is 3.11. The fourth-order valence-corrected chi connectivity index (χ4v) is 3.11. The van der Waals surface area contributed by atoms with Gasteiger partial charge in [0, 0.05) is 37.2 Å². The number of rotatable bonds is 8. The van der Waals surface area contributed by atoms with Gasteiger partial charge in [0.1, 0.15) is 0 Å². The Labute approximate surface area is 167 Å². The Kier molecular flexibility index (Phi) is 8.78. The Hall–Kier alpha value is -2.57. The molecular weight excluding hydrogens is 356 g/mol. The number of carbonyl (C=O) groups is 3. The van der Waals surface area contributed by atoms with Crippen molar-refractivity contribution < 1.29 is 14.4 Å². The lowest BCUT2D eigenvalue weighted by molar-refractivity contribution is -0.121.